The first-order valence-electron chi connectivity index (χ1n) is 12.3. The highest BCUT2D eigenvalue weighted by molar-refractivity contribution is 5.94. The number of hydrogen-bond donors (Lipinski definition) is 7. The molecule has 3 rings (SSSR count). The van der Waals surface area contributed by atoms with Crippen LogP contribution in [-0.4, -0.2) is 64.5 Å². The maximum absolute atomic E-state index is 13.4. The summed E-state index contributed by atoms with van der Waals surface area (Å²) in [5.74, 6) is -3.11. The number of primary amides is 1. The van der Waals surface area contributed by atoms with Crippen LogP contribution in [0.25, 0.3) is 11.1 Å². The van der Waals surface area contributed by atoms with Crippen LogP contribution in [0.4, 0.5) is 0 Å². The summed E-state index contributed by atoms with van der Waals surface area (Å²) in [5, 5.41) is 26.1. The molecule has 0 aliphatic carbocycles. The summed E-state index contributed by atoms with van der Waals surface area (Å²) in [5.41, 5.74) is 18.2. The van der Waals surface area contributed by atoms with Gasteiger partial charge in [0.2, 0.25) is 17.7 Å². The molecule has 10 N–H and O–H groups in total. The predicted molar refractivity (Wildman–Crippen MR) is 139 cm³/mol. The molecule has 0 saturated carbocycles. The number of carbonyl (C=O) groups excluding carboxylic acids is 4. The number of likely N-dealkylation sites (N-methyl/N-ethyl adjacent to an activating group) is 1. The zero-order chi connectivity index (χ0) is 28.0. The van der Waals surface area contributed by atoms with Gasteiger partial charge in [-0.1, -0.05) is 18.6 Å². The molecule has 204 valence electrons. The maximum atomic E-state index is 13.4. The molecule has 2 aromatic carbocycles. The first-order chi connectivity index (χ1) is 18.0. The first kappa shape index (κ1) is 28.4. The number of fused-ring (bicyclic) bond motifs is 5. The van der Waals surface area contributed by atoms with Gasteiger partial charge in [0.25, 0.3) is 5.91 Å². The Morgan fingerprint density at radius 3 is 2.29 bits per heavy atom. The smallest absolute Gasteiger partial charge is 0.258 e. The zero-order valence-corrected chi connectivity index (χ0v) is 21.1. The number of carbonyl (C=O) groups is 4. The second-order valence-corrected chi connectivity index (χ2v) is 9.29. The Balaban J connectivity index is 2.12. The lowest BCUT2D eigenvalue weighted by atomic mass is 9.94. The van der Waals surface area contributed by atoms with Crippen LogP contribution in [0.15, 0.2) is 36.4 Å². The molecule has 4 amide bonds. The molecule has 0 spiro atoms. The summed E-state index contributed by atoms with van der Waals surface area (Å²) < 4.78 is 0. The maximum Gasteiger partial charge on any atom is 0.258 e. The summed E-state index contributed by atoms with van der Waals surface area (Å²) in [6.45, 7) is 0.510. The van der Waals surface area contributed by atoms with E-state index in [0.717, 1.165) is 12.8 Å². The van der Waals surface area contributed by atoms with Crippen molar-refractivity contribution in [3.05, 3.63) is 47.5 Å². The predicted octanol–water partition coefficient (Wildman–Crippen LogP) is -0.289. The monoisotopic (exact) mass is 526 g/mol. The molecule has 0 saturated heterocycles. The van der Waals surface area contributed by atoms with Gasteiger partial charge in [0.05, 0.1) is 0 Å². The van der Waals surface area contributed by atoms with Crippen LogP contribution >= 0.6 is 0 Å². The minimum absolute atomic E-state index is 0.0283. The summed E-state index contributed by atoms with van der Waals surface area (Å²) in [6, 6.07) is 6.40. The molecule has 0 aromatic heterocycles. The normalized spacial score (nSPS) is 19.6. The van der Waals surface area contributed by atoms with E-state index in [1.807, 2.05) is 0 Å². The lowest BCUT2D eigenvalue weighted by Gasteiger charge is -2.30. The van der Waals surface area contributed by atoms with Crippen molar-refractivity contribution in [1.29, 1.82) is 0 Å². The molecule has 12 nitrogen and oxygen atoms in total. The molecule has 4 bridgehead atoms. The van der Waals surface area contributed by atoms with Gasteiger partial charge >= 0.3 is 0 Å². The van der Waals surface area contributed by atoms with Crippen LogP contribution in [0.5, 0.6) is 11.5 Å². The molecule has 1 aliphatic rings. The van der Waals surface area contributed by atoms with E-state index >= 15 is 0 Å². The van der Waals surface area contributed by atoms with Crippen LogP contribution in [0.1, 0.15) is 42.9 Å². The zero-order valence-electron chi connectivity index (χ0n) is 21.1. The lowest BCUT2D eigenvalue weighted by molar-refractivity contribution is -0.140. The number of nitrogens with zero attached hydrogens (tertiary/aromatic N) is 1. The van der Waals surface area contributed by atoms with Crippen LogP contribution in [-0.2, 0) is 25.6 Å². The van der Waals surface area contributed by atoms with Crippen LogP contribution in [0, 0.1) is 0 Å². The largest absolute Gasteiger partial charge is 0.507 e. The molecule has 12 heteroatoms. The highest BCUT2D eigenvalue weighted by Gasteiger charge is 2.32. The SMILES string of the molecule is CN(C(=O)CCCCCN)C1C(=O)NC(N)C(=O)NC(C(N)=O)Cc2ccc(O)c(c2)-c2cc1ccc2O. The number of hydrogen-bond acceptors (Lipinski definition) is 8. The lowest BCUT2D eigenvalue weighted by Crippen LogP contribution is -2.58. The second kappa shape index (κ2) is 12.4. The third kappa shape index (κ3) is 6.58. The molecular weight excluding hydrogens is 492 g/mol. The Morgan fingerprint density at radius 2 is 1.63 bits per heavy atom. The number of nitrogens with one attached hydrogen (secondary N) is 2. The molecule has 38 heavy (non-hydrogen) atoms. The van der Waals surface area contributed by atoms with Crippen molar-refractivity contribution in [1.82, 2.24) is 15.5 Å². The number of phenols is 2. The van der Waals surface area contributed by atoms with Crippen molar-refractivity contribution >= 4 is 23.6 Å². The first-order valence-corrected chi connectivity index (χ1v) is 12.3. The van der Waals surface area contributed by atoms with Crippen molar-refractivity contribution in [3.8, 4) is 22.6 Å². The van der Waals surface area contributed by atoms with Gasteiger partial charge < -0.3 is 42.9 Å². The molecule has 0 radical (unpaired) electrons. The molecule has 1 heterocycles. The molecule has 0 fully saturated rings. The quantitative estimate of drug-likeness (QED) is 0.237. The number of unbranched alkanes of at least 4 members (excludes halogenated alkanes) is 2. The molecule has 2 aromatic rings. The van der Waals surface area contributed by atoms with E-state index < -0.39 is 36.0 Å². The Kier molecular flexibility index (Phi) is 9.26. The van der Waals surface area contributed by atoms with E-state index in [4.69, 9.17) is 17.2 Å². The van der Waals surface area contributed by atoms with Crippen LogP contribution in [0.2, 0.25) is 0 Å². The van der Waals surface area contributed by atoms with Crippen LogP contribution in [0.3, 0.4) is 0 Å². The van der Waals surface area contributed by atoms with E-state index in [1.165, 1.54) is 36.2 Å². The van der Waals surface area contributed by atoms with Crippen molar-refractivity contribution in [2.45, 2.75) is 50.4 Å². The average molecular weight is 527 g/mol. The van der Waals surface area contributed by atoms with Gasteiger partial charge in [-0.25, -0.2) is 0 Å². The van der Waals surface area contributed by atoms with Gasteiger partial charge in [-0.3, -0.25) is 19.2 Å². The number of nitrogens with two attached hydrogens (primary N) is 3. The van der Waals surface area contributed by atoms with E-state index in [1.54, 1.807) is 12.1 Å². The van der Waals surface area contributed by atoms with Crippen molar-refractivity contribution in [2.75, 3.05) is 13.6 Å². The van der Waals surface area contributed by atoms with E-state index in [0.29, 0.717) is 24.1 Å². The fourth-order valence-corrected chi connectivity index (χ4v) is 4.35. The summed E-state index contributed by atoms with van der Waals surface area (Å²) >= 11 is 0. The minimum atomic E-state index is -1.55. The Labute approximate surface area is 220 Å². The third-order valence-electron chi connectivity index (χ3n) is 6.49. The van der Waals surface area contributed by atoms with E-state index in [2.05, 4.69) is 10.6 Å². The van der Waals surface area contributed by atoms with Gasteiger partial charge in [-0.15, -0.1) is 0 Å². The number of amides is 4. The van der Waals surface area contributed by atoms with Gasteiger partial charge in [0, 0.05) is 31.0 Å². The highest BCUT2D eigenvalue weighted by atomic mass is 16.3. The topological polar surface area (TPSA) is 214 Å². The fourth-order valence-electron chi connectivity index (χ4n) is 4.35. The Morgan fingerprint density at radius 1 is 0.974 bits per heavy atom. The minimum Gasteiger partial charge on any atom is -0.507 e. The summed E-state index contributed by atoms with van der Waals surface area (Å²) in [6.07, 6.45) is 0.682. The average Bonchev–Trinajstić information content (AvgIpc) is 2.87. The second-order valence-electron chi connectivity index (χ2n) is 9.29. The van der Waals surface area contributed by atoms with E-state index in [-0.39, 0.29) is 41.4 Å². The number of phenolic OH excluding ortho intramolecular Hbond substituents is 2. The van der Waals surface area contributed by atoms with Gasteiger partial charge in [0.1, 0.15) is 23.6 Å². The van der Waals surface area contributed by atoms with Crippen LogP contribution < -0.4 is 27.8 Å². The highest BCUT2D eigenvalue weighted by Crippen LogP contribution is 2.38. The van der Waals surface area contributed by atoms with Crippen molar-refractivity contribution in [3.63, 3.8) is 0 Å². The number of benzene rings is 2. The molecule has 3 atom stereocenters. The van der Waals surface area contributed by atoms with Gasteiger partial charge in [0.15, 0.2) is 6.17 Å². The summed E-state index contributed by atoms with van der Waals surface area (Å²) in [7, 11) is 1.46. The molecule has 1 aliphatic heterocycles. The molecular formula is C26H34N6O6. The van der Waals surface area contributed by atoms with Gasteiger partial charge in [-0.05, 0) is 54.8 Å². The number of rotatable bonds is 7. The Hall–Kier alpha value is -4.16. The van der Waals surface area contributed by atoms with E-state index in [9.17, 15) is 29.4 Å². The van der Waals surface area contributed by atoms with Crippen molar-refractivity contribution in [2.24, 2.45) is 17.2 Å². The Bertz CT molecular complexity index is 1220. The van der Waals surface area contributed by atoms with Gasteiger partial charge in [-0.2, -0.15) is 0 Å². The third-order valence-corrected chi connectivity index (χ3v) is 6.49. The fraction of sp³-hybridized carbons (Fsp3) is 0.385. The summed E-state index contributed by atoms with van der Waals surface area (Å²) in [4.78, 5) is 52.5. The number of aromatic hydroxyl groups is 2. The van der Waals surface area contributed by atoms with Crippen molar-refractivity contribution < 1.29 is 29.4 Å². The standard InChI is InChI=1S/C26H34N6O6/c1-32(21(35)5-3-2-4-10-27)22-15-7-9-20(34)17(13-15)16-11-14(6-8-19(16)33)12-18(24(29)36)30-26(38)23(28)31-25(22)37/h6-9,11,13,18,22-23,33-34H,2-5,10,12,27-28H2,1H3,(H2,29,36)(H,30,38)(H,31,37). The molecule has 3 unspecified atom stereocenters.